The van der Waals surface area contributed by atoms with Crippen molar-refractivity contribution in [1.82, 2.24) is 9.38 Å². The van der Waals surface area contributed by atoms with Crippen LogP contribution in [0.2, 0.25) is 0 Å². The maximum atomic E-state index is 6.27. The standard InChI is InChI=1S/C14H14BrN3S/c1-7-4-10(15)6-18-13(16)12(17-14(7)18)11-5-8(2)19-9(11)3/h4-6H,16H2,1-3H3. The van der Waals surface area contributed by atoms with Gasteiger partial charge in [0.2, 0.25) is 0 Å². The normalized spacial score (nSPS) is 11.4. The van der Waals surface area contributed by atoms with Crippen molar-refractivity contribution < 1.29 is 0 Å². The average molecular weight is 336 g/mol. The smallest absolute Gasteiger partial charge is 0.142 e. The minimum atomic E-state index is 0.695. The number of rotatable bonds is 1. The van der Waals surface area contributed by atoms with E-state index in [1.165, 1.54) is 9.75 Å². The summed E-state index contributed by atoms with van der Waals surface area (Å²) in [7, 11) is 0. The third-order valence-corrected chi connectivity index (χ3v) is 4.60. The number of fused-ring (bicyclic) bond motifs is 1. The number of pyridine rings is 1. The molecule has 0 aliphatic heterocycles. The summed E-state index contributed by atoms with van der Waals surface area (Å²) >= 11 is 5.28. The number of halogens is 1. The van der Waals surface area contributed by atoms with Crippen LogP contribution in [-0.4, -0.2) is 9.38 Å². The molecule has 0 aliphatic carbocycles. The highest BCUT2D eigenvalue weighted by Crippen LogP contribution is 2.35. The first-order chi connectivity index (χ1) is 8.97. The van der Waals surface area contributed by atoms with Gasteiger partial charge in [-0.1, -0.05) is 0 Å². The van der Waals surface area contributed by atoms with Crippen molar-refractivity contribution in [1.29, 1.82) is 0 Å². The highest BCUT2D eigenvalue weighted by Gasteiger charge is 2.16. The van der Waals surface area contributed by atoms with Crippen molar-refractivity contribution in [2.24, 2.45) is 0 Å². The Kier molecular flexibility index (Phi) is 2.91. The number of nitrogens with zero attached hydrogens (tertiary/aromatic N) is 2. The van der Waals surface area contributed by atoms with Gasteiger partial charge in [-0.3, -0.25) is 4.40 Å². The Hall–Kier alpha value is -1.33. The van der Waals surface area contributed by atoms with Crippen LogP contribution in [0.4, 0.5) is 5.82 Å². The van der Waals surface area contributed by atoms with E-state index in [1.807, 2.05) is 17.5 Å². The van der Waals surface area contributed by atoms with Crippen molar-refractivity contribution in [3.63, 3.8) is 0 Å². The van der Waals surface area contributed by atoms with Gasteiger partial charge in [-0.25, -0.2) is 4.98 Å². The minimum Gasteiger partial charge on any atom is -0.383 e. The number of hydrogen-bond donors (Lipinski definition) is 1. The lowest BCUT2D eigenvalue weighted by molar-refractivity contribution is 1.16. The van der Waals surface area contributed by atoms with Crippen molar-refractivity contribution in [3.8, 4) is 11.3 Å². The van der Waals surface area contributed by atoms with Crippen molar-refractivity contribution in [2.45, 2.75) is 20.8 Å². The fourth-order valence-corrected chi connectivity index (χ4v) is 3.82. The number of aromatic nitrogens is 2. The van der Waals surface area contributed by atoms with E-state index >= 15 is 0 Å². The molecule has 0 amide bonds. The third-order valence-electron chi connectivity index (χ3n) is 3.20. The molecule has 3 rings (SSSR count). The molecule has 98 valence electrons. The largest absolute Gasteiger partial charge is 0.383 e. The molecular weight excluding hydrogens is 322 g/mol. The number of hydrogen-bond acceptors (Lipinski definition) is 3. The molecule has 3 aromatic rings. The second-order valence-corrected chi connectivity index (χ2v) is 7.08. The summed E-state index contributed by atoms with van der Waals surface area (Å²) in [6, 6.07) is 4.21. The minimum absolute atomic E-state index is 0.695. The molecule has 3 nitrogen and oxygen atoms in total. The molecule has 0 radical (unpaired) electrons. The summed E-state index contributed by atoms with van der Waals surface area (Å²) in [5.74, 6) is 0.695. The van der Waals surface area contributed by atoms with Crippen LogP contribution in [0.1, 0.15) is 15.3 Å². The molecule has 5 heteroatoms. The van der Waals surface area contributed by atoms with Crippen molar-refractivity contribution in [3.05, 3.63) is 38.1 Å². The molecule has 0 bridgehead atoms. The first kappa shape index (κ1) is 12.7. The van der Waals surface area contributed by atoms with E-state index < -0.39 is 0 Å². The Balaban J connectivity index is 2.34. The van der Waals surface area contributed by atoms with Gasteiger partial charge in [-0.15, -0.1) is 11.3 Å². The Morgan fingerprint density at radius 2 is 2.00 bits per heavy atom. The van der Waals surface area contributed by atoms with E-state index in [-0.39, 0.29) is 0 Å². The quantitative estimate of drug-likeness (QED) is 0.719. The first-order valence-corrected chi connectivity index (χ1v) is 7.59. The van der Waals surface area contributed by atoms with Crippen LogP contribution in [0.15, 0.2) is 22.8 Å². The van der Waals surface area contributed by atoms with Crippen LogP contribution in [0.5, 0.6) is 0 Å². The monoisotopic (exact) mass is 335 g/mol. The molecule has 2 N–H and O–H groups in total. The molecule has 0 saturated carbocycles. The molecule has 0 aliphatic rings. The molecule has 0 unspecified atom stereocenters. The van der Waals surface area contributed by atoms with Crippen LogP contribution in [0, 0.1) is 20.8 Å². The van der Waals surface area contributed by atoms with Gasteiger partial charge in [0.15, 0.2) is 0 Å². The van der Waals surface area contributed by atoms with E-state index in [4.69, 9.17) is 10.7 Å². The SMILES string of the molecule is Cc1cc(-c2nc3c(C)cc(Br)cn3c2N)c(C)s1. The van der Waals surface area contributed by atoms with Crippen LogP contribution >= 0.6 is 27.3 Å². The molecule has 3 heterocycles. The maximum absolute atomic E-state index is 6.27. The highest BCUT2D eigenvalue weighted by molar-refractivity contribution is 9.10. The van der Waals surface area contributed by atoms with Gasteiger partial charge in [0.05, 0.1) is 0 Å². The third kappa shape index (κ3) is 1.97. The summed E-state index contributed by atoms with van der Waals surface area (Å²) in [5, 5.41) is 0. The van der Waals surface area contributed by atoms with Crippen LogP contribution in [0.3, 0.4) is 0 Å². The van der Waals surface area contributed by atoms with Crippen LogP contribution in [-0.2, 0) is 0 Å². The van der Waals surface area contributed by atoms with Gasteiger partial charge in [0.1, 0.15) is 17.2 Å². The van der Waals surface area contributed by atoms with Gasteiger partial charge < -0.3 is 5.73 Å². The molecule has 0 spiro atoms. The number of anilines is 1. The lowest BCUT2D eigenvalue weighted by Crippen LogP contribution is -1.95. The molecule has 0 fully saturated rings. The lowest BCUT2D eigenvalue weighted by Gasteiger charge is -2.01. The summed E-state index contributed by atoms with van der Waals surface area (Å²) in [6.07, 6.45) is 1.96. The Labute approximate surface area is 124 Å². The summed E-state index contributed by atoms with van der Waals surface area (Å²) in [6.45, 7) is 6.26. The zero-order chi connectivity index (χ0) is 13.7. The number of nitrogen functional groups attached to an aromatic ring is 1. The van der Waals surface area contributed by atoms with E-state index in [9.17, 15) is 0 Å². The zero-order valence-electron chi connectivity index (χ0n) is 11.0. The predicted molar refractivity (Wildman–Crippen MR) is 84.8 cm³/mol. The van der Waals surface area contributed by atoms with Gasteiger partial charge in [-0.05, 0) is 54.4 Å². The van der Waals surface area contributed by atoms with Crippen LogP contribution in [0.25, 0.3) is 16.9 Å². The van der Waals surface area contributed by atoms with Crippen molar-refractivity contribution in [2.75, 3.05) is 5.73 Å². The summed E-state index contributed by atoms with van der Waals surface area (Å²) in [5.41, 5.74) is 10.3. The molecular formula is C14H14BrN3S. The molecule has 3 aromatic heterocycles. The number of nitrogens with two attached hydrogens (primary N) is 1. The summed E-state index contributed by atoms with van der Waals surface area (Å²) in [4.78, 5) is 7.25. The Morgan fingerprint density at radius 1 is 1.26 bits per heavy atom. The van der Waals surface area contributed by atoms with E-state index in [2.05, 4.69) is 41.9 Å². The lowest BCUT2D eigenvalue weighted by atomic mass is 10.2. The molecule has 0 aromatic carbocycles. The Morgan fingerprint density at radius 3 is 2.63 bits per heavy atom. The number of imidazole rings is 1. The maximum Gasteiger partial charge on any atom is 0.142 e. The molecule has 19 heavy (non-hydrogen) atoms. The van der Waals surface area contributed by atoms with Crippen molar-refractivity contribution >= 4 is 38.7 Å². The fourth-order valence-electron chi connectivity index (χ4n) is 2.35. The number of aryl methyl sites for hydroxylation is 3. The van der Waals surface area contributed by atoms with Gasteiger partial charge >= 0.3 is 0 Å². The van der Waals surface area contributed by atoms with Gasteiger partial charge in [-0.2, -0.15) is 0 Å². The second-order valence-electron chi connectivity index (χ2n) is 4.71. The van der Waals surface area contributed by atoms with E-state index in [1.54, 1.807) is 11.3 Å². The number of thiophene rings is 1. The highest BCUT2D eigenvalue weighted by atomic mass is 79.9. The summed E-state index contributed by atoms with van der Waals surface area (Å²) < 4.78 is 2.95. The van der Waals surface area contributed by atoms with Gasteiger partial charge in [0.25, 0.3) is 0 Å². The van der Waals surface area contributed by atoms with Gasteiger partial charge in [0, 0.05) is 26.0 Å². The average Bonchev–Trinajstić information content (AvgIpc) is 2.81. The zero-order valence-corrected chi connectivity index (χ0v) is 13.4. The Bertz CT molecular complexity index is 786. The first-order valence-electron chi connectivity index (χ1n) is 5.98. The topological polar surface area (TPSA) is 43.3 Å². The second kappa shape index (κ2) is 4.35. The predicted octanol–water partition coefficient (Wildman–Crippen LogP) is 4.33. The fraction of sp³-hybridized carbons (Fsp3) is 0.214. The molecule has 0 atom stereocenters. The van der Waals surface area contributed by atoms with Crippen LogP contribution < -0.4 is 5.73 Å². The van der Waals surface area contributed by atoms with E-state index in [0.717, 1.165) is 26.9 Å². The van der Waals surface area contributed by atoms with E-state index in [0.29, 0.717) is 5.82 Å². The molecule has 0 saturated heterocycles.